The lowest BCUT2D eigenvalue weighted by Gasteiger charge is -2.28. The number of benzene rings is 1. The molecule has 7 heteroatoms. The van der Waals surface area contributed by atoms with Crippen LogP contribution in [0.3, 0.4) is 0 Å². The zero-order valence-electron chi connectivity index (χ0n) is 15.7. The Morgan fingerprint density at radius 2 is 1.81 bits per heavy atom. The quantitative estimate of drug-likeness (QED) is 0.382. The van der Waals surface area contributed by atoms with Gasteiger partial charge in [-0.3, -0.25) is 0 Å². The van der Waals surface area contributed by atoms with Gasteiger partial charge in [-0.15, -0.1) is 0 Å². The first-order chi connectivity index (χ1) is 12.8. The summed E-state index contributed by atoms with van der Waals surface area (Å²) in [7, 11) is 1.29. The molecule has 1 N–H and O–H groups in total. The number of hydrogen-bond donors (Lipinski definition) is 1. The Labute approximate surface area is 156 Å². The second-order valence-electron chi connectivity index (χ2n) is 7.32. The number of hydrogen-bond acceptors (Lipinski definition) is 7. The van der Waals surface area contributed by atoms with Crippen molar-refractivity contribution >= 4 is 17.7 Å². The maximum Gasteiger partial charge on any atom is 0.379 e. The van der Waals surface area contributed by atoms with Gasteiger partial charge in [0.25, 0.3) is 0 Å². The first-order valence-corrected chi connectivity index (χ1v) is 8.50. The lowest BCUT2D eigenvalue weighted by Crippen LogP contribution is -2.27. The van der Waals surface area contributed by atoms with Crippen molar-refractivity contribution in [1.82, 2.24) is 0 Å². The summed E-state index contributed by atoms with van der Waals surface area (Å²) in [5.41, 5.74) is 1.98. The Morgan fingerprint density at radius 1 is 1.15 bits per heavy atom. The summed E-state index contributed by atoms with van der Waals surface area (Å²) < 4.78 is 15.8. The number of carbonyl (C=O) groups excluding carboxylic acids is 2. The van der Waals surface area contributed by atoms with E-state index in [1.165, 1.54) is 31.4 Å². The maximum atomic E-state index is 12.6. The fourth-order valence-corrected chi connectivity index (χ4v) is 3.32. The molecule has 0 bridgehead atoms. The molecule has 1 aromatic carbocycles. The standard InChI is InChI=1S/C20H21NO6/c1-11-16-14(21-24)9-20(2,3)10-15(16)27-17(11)19(23)26-13-7-5-12(6-8-13)18(22)25-4/h5-8,24H,9-10H2,1-4H3/b21-14-. The normalized spacial score (nSPS) is 16.7. The van der Waals surface area contributed by atoms with Crippen molar-refractivity contribution in [1.29, 1.82) is 0 Å². The molecule has 2 aromatic rings. The molecule has 142 valence electrons. The van der Waals surface area contributed by atoms with Gasteiger partial charge in [0.15, 0.2) is 0 Å². The van der Waals surface area contributed by atoms with Crippen LogP contribution >= 0.6 is 0 Å². The van der Waals surface area contributed by atoms with Crippen molar-refractivity contribution in [3.8, 4) is 5.75 Å². The number of oxime groups is 1. The second kappa shape index (κ2) is 6.90. The molecule has 0 saturated carbocycles. The monoisotopic (exact) mass is 371 g/mol. The van der Waals surface area contributed by atoms with Gasteiger partial charge in [0.2, 0.25) is 5.76 Å². The largest absolute Gasteiger partial charge is 0.465 e. The van der Waals surface area contributed by atoms with Crippen LogP contribution in [0.1, 0.15) is 58.1 Å². The molecule has 0 spiro atoms. The number of fused-ring (bicyclic) bond motifs is 1. The van der Waals surface area contributed by atoms with Crippen LogP contribution in [0.25, 0.3) is 0 Å². The van der Waals surface area contributed by atoms with Crippen molar-refractivity contribution in [2.24, 2.45) is 10.6 Å². The molecule has 27 heavy (non-hydrogen) atoms. The topological polar surface area (TPSA) is 98.3 Å². The minimum absolute atomic E-state index is 0.0795. The molecular weight excluding hydrogens is 350 g/mol. The van der Waals surface area contributed by atoms with Crippen LogP contribution in [0.5, 0.6) is 5.75 Å². The Kier molecular flexibility index (Phi) is 4.78. The number of furan rings is 1. The third-order valence-corrected chi connectivity index (χ3v) is 4.59. The number of esters is 2. The fraction of sp³-hybridized carbons (Fsp3) is 0.350. The highest BCUT2D eigenvalue weighted by molar-refractivity contribution is 6.06. The zero-order chi connectivity index (χ0) is 19.8. The van der Waals surface area contributed by atoms with Crippen LogP contribution in [-0.4, -0.2) is 30.0 Å². The van der Waals surface area contributed by atoms with Gasteiger partial charge in [0.05, 0.1) is 18.4 Å². The van der Waals surface area contributed by atoms with Gasteiger partial charge in [-0.2, -0.15) is 0 Å². The number of ether oxygens (including phenoxy) is 2. The summed E-state index contributed by atoms with van der Waals surface area (Å²) in [5, 5.41) is 12.8. The number of methoxy groups -OCH3 is 1. The number of nitrogens with zero attached hydrogens (tertiary/aromatic N) is 1. The Bertz CT molecular complexity index is 921. The third-order valence-electron chi connectivity index (χ3n) is 4.59. The molecule has 0 saturated heterocycles. The van der Waals surface area contributed by atoms with E-state index in [4.69, 9.17) is 9.15 Å². The molecule has 0 atom stereocenters. The Morgan fingerprint density at radius 3 is 2.41 bits per heavy atom. The molecule has 1 heterocycles. The SMILES string of the molecule is COC(=O)c1ccc(OC(=O)c2oc3c(c2C)/C(=N\O)CC(C)(C)C3)cc1. The minimum atomic E-state index is -0.650. The minimum Gasteiger partial charge on any atom is -0.465 e. The predicted molar refractivity (Wildman–Crippen MR) is 96.6 cm³/mol. The summed E-state index contributed by atoms with van der Waals surface area (Å²) in [6.07, 6.45) is 1.21. The highest BCUT2D eigenvalue weighted by Gasteiger charge is 2.36. The maximum absolute atomic E-state index is 12.6. The molecule has 1 aliphatic rings. The zero-order valence-corrected chi connectivity index (χ0v) is 15.7. The second-order valence-corrected chi connectivity index (χ2v) is 7.32. The van der Waals surface area contributed by atoms with E-state index in [2.05, 4.69) is 9.89 Å². The van der Waals surface area contributed by atoms with Crippen LogP contribution < -0.4 is 4.74 Å². The van der Waals surface area contributed by atoms with Crippen molar-refractivity contribution in [3.63, 3.8) is 0 Å². The molecule has 0 unspecified atom stereocenters. The van der Waals surface area contributed by atoms with Crippen molar-refractivity contribution in [2.75, 3.05) is 7.11 Å². The van der Waals surface area contributed by atoms with E-state index in [1.54, 1.807) is 6.92 Å². The van der Waals surface area contributed by atoms with E-state index in [0.29, 0.717) is 41.0 Å². The van der Waals surface area contributed by atoms with E-state index in [-0.39, 0.29) is 16.9 Å². The van der Waals surface area contributed by atoms with E-state index in [0.717, 1.165) is 0 Å². The first kappa shape index (κ1) is 18.7. The van der Waals surface area contributed by atoms with Crippen molar-refractivity contribution < 1.29 is 28.7 Å². The van der Waals surface area contributed by atoms with Gasteiger partial charge >= 0.3 is 11.9 Å². The molecular formula is C20H21NO6. The van der Waals surface area contributed by atoms with E-state index >= 15 is 0 Å². The Balaban J connectivity index is 1.86. The molecule has 3 rings (SSSR count). The summed E-state index contributed by atoms with van der Waals surface area (Å²) in [4.78, 5) is 24.0. The van der Waals surface area contributed by atoms with E-state index in [9.17, 15) is 14.8 Å². The third kappa shape index (κ3) is 3.58. The average molecular weight is 371 g/mol. The summed E-state index contributed by atoms with van der Waals surface area (Å²) >= 11 is 0. The van der Waals surface area contributed by atoms with Crippen LogP contribution in [0.15, 0.2) is 33.8 Å². The molecule has 0 aliphatic heterocycles. The van der Waals surface area contributed by atoms with Crippen molar-refractivity contribution in [3.05, 3.63) is 52.5 Å². The van der Waals surface area contributed by atoms with Crippen LogP contribution in [0.4, 0.5) is 0 Å². The molecule has 0 fully saturated rings. The lowest BCUT2D eigenvalue weighted by molar-refractivity contribution is 0.0600. The van der Waals surface area contributed by atoms with E-state index in [1.807, 2.05) is 13.8 Å². The van der Waals surface area contributed by atoms with Gasteiger partial charge in [-0.05, 0) is 43.0 Å². The highest BCUT2D eigenvalue weighted by Crippen LogP contribution is 2.39. The average Bonchev–Trinajstić information content (AvgIpc) is 2.96. The fourth-order valence-electron chi connectivity index (χ4n) is 3.32. The summed E-state index contributed by atoms with van der Waals surface area (Å²) in [6, 6.07) is 6.03. The van der Waals surface area contributed by atoms with Crippen LogP contribution in [0.2, 0.25) is 0 Å². The molecule has 1 aromatic heterocycles. The molecule has 0 radical (unpaired) electrons. The van der Waals surface area contributed by atoms with Gasteiger partial charge < -0.3 is 19.1 Å². The van der Waals surface area contributed by atoms with Gasteiger partial charge in [0.1, 0.15) is 11.5 Å². The molecule has 0 amide bonds. The summed E-state index contributed by atoms with van der Waals surface area (Å²) in [6.45, 7) is 5.82. The van der Waals surface area contributed by atoms with Gasteiger partial charge in [0, 0.05) is 17.5 Å². The smallest absolute Gasteiger partial charge is 0.379 e. The van der Waals surface area contributed by atoms with Crippen LogP contribution in [-0.2, 0) is 11.2 Å². The Hall–Kier alpha value is -3.09. The number of carbonyl (C=O) groups is 2. The lowest BCUT2D eigenvalue weighted by atomic mass is 9.75. The molecule has 7 nitrogen and oxygen atoms in total. The van der Waals surface area contributed by atoms with E-state index < -0.39 is 11.9 Å². The first-order valence-electron chi connectivity index (χ1n) is 8.50. The summed E-state index contributed by atoms with van der Waals surface area (Å²) in [5.74, 6) is -0.151. The molecule has 1 aliphatic carbocycles. The van der Waals surface area contributed by atoms with Crippen molar-refractivity contribution in [2.45, 2.75) is 33.6 Å². The highest BCUT2D eigenvalue weighted by atomic mass is 16.5. The predicted octanol–water partition coefficient (Wildman–Crippen LogP) is 3.74. The number of rotatable bonds is 3. The van der Waals surface area contributed by atoms with Gasteiger partial charge in [-0.25, -0.2) is 9.59 Å². The van der Waals surface area contributed by atoms with Crippen LogP contribution in [0, 0.1) is 12.3 Å². The van der Waals surface area contributed by atoms with Gasteiger partial charge in [-0.1, -0.05) is 19.0 Å².